The smallest absolute Gasteiger partial charge is 0.337 e. The van der Waals surface area contributed by atoms with Crippen molar-refractivity contribution < 1.29 is 42.5 Å². The molecule has 0 N–H and O–H groups in total. The van der Waals surface area contributed by atoms with Crippen LogP contribution in [0.3, 0.4) is 0 Å². The number of ether oxygens (including phenoxy) is 1. The van der Waals surface area contributed by atoms with Crippen LogP contribution in [0.4, 0.5) is 0 Å². The summed E-state index contributed by atoms with van der Waals surface area (Å²) >= 11 is 0. The maximum atomic E-state index is 12.4. The first-order chi connectivity index (χ1) is 22.8. The van der Waals surface area contributed by atoms with Crippen LogP contribution in [0.15, 0.2) is 103 Å². The van der Waals surface area contributed by atoms with E-state index in [2.05, 4.69) is 0 Å². The van der Waals surface area contributed by atoms with Crippen LogP contribution in [0.5, 0.6) is 0 Å². The molecule has 2 aliphatic rings. The Bertz CT molecular complexity index is 1490. The minimum atomic E-state index is -3.21. The highest BCUT2D eigenvalue weighted by atomic mass is 31.2. The van der Waals surface area contributed by atoms with E-state index < -0.39 is 7.60 Å². The van der Waals surface area contributed by atoms with Crippen molar-refractivity contribution in [3.05, 3.63) is 120 Å². The molecule has 0 radical (unpaired) electrons. The lowest BCUT2D eigenvalue weighted by Crippen LogP contribution is -2.22. The van der Waals surface area contributed by atoms with Crippen LogP contribution >= 0.6 is 7.60 Å². The van der Waals surface area contributed by atoms with Gasteiger partial charge in [0.05, 0.1) is 6.42 Å². The van der Waals surface area contributed by atoms with Crippen molar-refractivity contribution in [3.8, 4) is 0 Å². The summed E-state index contributed by atoms with van der Waals surface area (Å²) < 4.78 is 26.6. The number of hydrogen-bond donors (Lipinski definition) is 0. The van der Waals surface area contributed by atoms with Crippen molar-refractivity contribution in [3.63, 3.8) is 0 Å². The fourth-order valence-corrected chi connectivity index (χ4v) is 6.67. The largest absolute Gasteiger partial charge is 0.462 e. The molecule has 10 heteroatoms. The average molecular weight is 663 g/mol. The van der Waals surface area contributed by atoms with Gasteiger partial charge in [0, 0.05) is 45.3 Å². The zero-order valence-electron chi connectivity index (χ0n) is 26.9. The van der Waals surface area contributed by atoms with Gasteiger partial charge in [0.25, 0.3) is 0 Å². The first kappa shape index (κ1) is 36.1. The van der Waals surface area contributed by atoms with Gasteiger partial charge in [-0.1, -0.05) is 97.1 Å². The summed E-state index contributed by atoms with van der Waals surface area (Å²) in [5, 5.41) is 0. The molecule has 5 rings (SSSR count). The zero-order valence-corrected chi connectivity index (χ0v) is 27.8. The normalized spacial score (nSPS) is 20.3. The monoisotopic (exact) mass is 662 g/mol. The van der Waals surface area contributed by atoms with E-state index in [9.17, 15) is 18.9 Å². The molecule has 1 heterocycles. The number of carbonyl (C=O) groups is 3. The Hall–Kier alpha value is -3.72. The molecule has 1 aliphatic heterocycles. The maximum absolute atomic E-state index is 12.4. The first-order valence-electron chi connectivity index (χ1n) is 15.8. The summed E-state index contributed by atoms with van der Waals surface area (Å²) in [5.74, 6) is -0.279. The predicted octanol–water partition coefficient (Wildman–Crippen LogP) is 6.89. The number of esters is 1. The number of rotatable bonds is 16. The minimum Gasteiger partial charge on any atom is -0.462 e. The average Bonchev–Trinajstić information content (AvgIpc) is 3.62. The van der Waals surface area contributed by atoms with E-state index in [1.54, 1.807) is 6.08 Å². The summed E-state index contributed by atoms with van der Waals surface area (Å²) in [6.45, 7) is 0.346. The number of carbonyl (C=O) groups excluding carboxylic acids is 3. The molecule has 47 heavy (non-hydrogen) atoms. The van der Waals surface area contributed by atoms with Crippen LogP contribution in [0.2, 0.25) is 0 Å². The molecule has 3 aromatic rings. The molecule has 1 saturated carbocycles. The van der Waals surface area contributed by atoms with Crippen molar-refractivity contribution in [2.24, 2.45) is 11.8 Å². The van der Waals surface area contributed by atoms with Crippen molar-refractivity contribution in [1.29, 1.82) is 0 Å². The third-order valence-electron chi connectivity index (χ3n) is 8.28. The van der Waals surface area contributed by atoms with Crippen LogP contribution < -0.4 is 0 Å². The highest BCUT2D eigenvalue weighted by molar-refractivity contribution is 7.54. The van der Waals surface area contributed by atoms with Gasteiger partial charge in [-0.2, -0.15) is 0 Å². The summed E-state index contributed by atoms with van der Waals surface area (Å²) in [6.07, 6.45) is 6.04. The molecule has 3 aromatic carbocycles. The second kappa shape index (κ2) is 18.6. The number of Topliss-reactive ketones (excluding diaryl/α,β-unsaturated/α-hetero) is 1. The van der Waals surface area contributed by atoms with E-state index in [0.717, 1.165) is 16.7 Å². The maximum Gasteiger partial charge on any atom is 0.337 e. The molecular formula is C37H43O9P. The van der Waals surface area contributed by atoms with Gasteiger partial charge in [0.15, 0.2) is 5.78 Å². The lowest BCUT2D eigenvalue weighted by molar-refractivity contribution is -0.337. The highest BCUT2D eigenvalue weighted by Gasteiger charge is 2.50. The van der Waals surface area contributed by atoms with Gasteiger partial charge in [0.1, 0.15) is 30.8 Å². The van der Waals surface area contributed by atoms with Crippen molar-refractivity contribution >= 4 is 25.1 Å². The number of aryl methyl sites for hydroxylation is 2. The SMILES string of the molecule is COP(=O)(CC(=O)CCc1ccccc1)OC.O=C(/C=C/[C@@H]1[C@H]2CC(=O)O[C@H]2C[C@H]1OOCc1ccccc1)CCc1ccccc1. The van der Waals surface area contributed by atoms with Crippen molar-refractivity contribution in [2.45, 2.75) is 57.3 Å². The molecule has 250 valence electrons. The van der Waals surface area contributed by atoms with Crippen molar-refractivity contribution in [2.75, 3.05) is 20.4 Å². The number of ketones is 2. The van der Waals surface area contributed by atoms with Gasteiger partial charge in [-0.3, -0.25) is 18.9 Å². The van der Waals surface area contributed by atoms with Crippen LogP contribution in [0.25, 0.3) is 0 Å². The highest BCUT2D eigenvalue weighted by Crippen LogP contribution is 2.46. The Morgan fingerprint density at radius 2 is 1.38 bits per heavy atom. The molecule has 0 unspecified atom stereocenters. The molecule has 0 amide bonds. The first-order valence-corrected chi connectivity index (χ1v) is 17.5. The predicted molar refractivity (Wildman–Crippen MR) is 177 cm³/mol. The number of allylic oxidation sites excluding steroid dienone is 1. The van der Waals surface area contributed by atoms with Gasteiger partial charge in [-0.05, 0) is 35.6 Å². The molecular weight excluding hydrogens is 619 g/mol. The van der Waals surface area contributed by atoms with E-state index in [1.165, 1.54) is 14.2 Å². The Morgan fingerprint density at radius 3 is 1.96 bits per heavy atom. The number of benzene rings is 3. The molecule has 1 aliphatic carbocycles. The Labute approximate surface area is 276 Å². The molecule has 9 nitrogen and oxygen atoms in total. The van der Waals surface area contributed by atoms with Gasteiger partial charge in [0.2, 0.25) is 0 Å². The molecule has 0 spiro atoms. The second-order valence-electron chi connectivity index (χ2n) is 11.6. The summed E-state index contributed by atoms with van der Waals surface area (Å²) in [7, 11) is -0.635. The Morgan fingerprint density at radius 1 is 0.830 bits per heavy atom. The number of fused-ring (bicyclic) bond motifs is 1. The van der Waals surface area contributed by atoms with Crippen LogP contribution in [0.1, 0.15) is 42.4 Å². The van der Waals surface area contributed by atoms with Gasteiger partial charge in [-0.15, -0.1) is 0 Å². The van der Waals surface area contributed by atoms with E-state index >= 15 is 0 Å². The quantitative estimate of drug-likeness (QED) is 0.0532. The Kier molecular flexibility index (Phi) is 14.3. The Balaban J connectivity index is 0.000000251. The fourth-order valence-electron chi connectivity index (χ4n) is 5.67. The molecule has 2 fully saturated rings. The summed E-state index contributed by atoms with van der Waals surface area (Å²) in [5.41, 5.74) is 3.25. The second-order valence-corrected chi connectivity index (χ2v) is 13.8. The van der Waals surface area contributed by atoms with E-state index in [1.807, 2.05) is 97.1 Å². The van der Waals surface area contributed by atoms with Crippen LogP contribution in [-0.2, 0) is 62.0 Å². The van der Waals surface area contributed by atoms with Crippen molar-refractivity contribution in [1.82, 2.24) is 0 Å². The summed E-state index contributed by atoms with van der Waals surface area (Å²) in [4.78, 5) is 46.9. The third-order valence-corrected chi connectivity index (χ3v) is 10.1. The zero-order chi connectivity index (χ0) is 33.5. The van der Waals surface area contributed by atoms with Crippen LogP contribution in [0, 0.1) is 11.8 Å². The topological polar surface area (TPSA) is 114 Å². The van der Waals surface area contributed by atoms with Gasteiger partial charge >= 0.3 is 13.6 Å². The molecule has 0 aromatic heterocycles. The van der Waals surface area contributed by atoms with E-state index in [-0.39, 0.29) is 47.7 Å². The molecule has 4 atom stereocenters. The standard InChI is InChI=1S/C25H26O5.C12H17O4P/c26-20(12-11-18-7-3-1-4-8-18)13-14-21-22-15-25(27)29-23(22)16-24(21)30-28-17-19-9-5-2-6-10-19;1-15-17(14,16-2)10-12(13)9-8-11-6-4-3-5-7-11/h1-10,13-14,21-24H,11-12,15-17H2;3-7H,8-10H2,1-2H3/b14-13+;/t21-,22-,23+,24-;/m1./s1. The molecule has 1 saturated heterocycles. The number of hydrogen-bond acceptors (Lipinski definition) is 9. The van der Waals surface area contributed by atoms with Gasteiger partial charge < -0.3 is 13.8 Å². The van der Waals surface area contributed by atoms with Gasteiger partial charge in [-0.25, -0.2) is 9.78 Å². The minimum absolute atomic E-state index is 0.0287. The molecule has 0 bridgehead atoms. The van der Waals surface area contributed by atoms with E-state index in [0.29, 0.717) is 45.1 Å². The lowest BCUT2D eigenvalue weighted by atomic mass is 9.91. The third kappa shape index (κ3) is 11.8. The van der Waals surface area contributed by atoms with E-state index in [4.69, 9.17) is 23.6 Å². The lowest BCUT2D eigenvalue weighted by Gasteiger charge is -2.19. The fraction of sp³-hybridized carbons (Fsp3) is 0.378. The summed E-state index contributed by atoms with van der Waals surface area (Å²) in [6, 6.07) is 29.4. The van der Waals surface area contributed by atoms with Crippen LogP contribution in [-0.4, -0.2) is 50.1 Å².